The minimum Gasteiger partial charge on any atom is -0.368 e. The van der Waals surface area contributed by atoms with Crippen molar-refractivity contribution in [2.24, 2.45) is 5.73 Å². The monoisotopic (exact) mass is 436 g/mol. The molecule has 31 heavy (non-hydrogen) atoms. The second kappa shape index (κ2) is 10.4. The molecule has 0 saturated carbocycles. The van der Waals surface area contributed by atoms with E-state index in [1.54, 1.807) is 9.80 Å². The van der Waals surface area contributed by atoms with Crippen LogP contribution in [0.3, 0.4) is 0 Å². The number of nitrogens with zero attached hydrogens (tertiary/aromatic N) is 3. The average molecular weight is 437 g/mol. The first kappa shape index (κ1) is 23.5. The average Bonchev–Trinajstić information content (AvgIpc) is 3.21. The second-order valence-corrected chi connectivity index (χ2v) is 9.10. The quantitative estimate of drug-likeness (QED) is 0.489. The molecule has 4 aliphatic rings. The number of primary amides is 1. The van der Waals surface area contributed by atoms with Gasteiger partial charge in [-0.15, -0.1) is 0 Å². The topological polar surface area (TPSA) is 128 Å². The molecule has 0 radical (unpaired) electrons. The summed E-state index contributed by atoms with van der Waals surface area (Å²) >= 11 is 0. The van der Waals surface area contributed by atoms with Crippen LogP contribution < -0.4 is 16.4 Å². The molecule has 4 N–H and O–H groups in total. The summed E-state index contributed by atoms with van der Waals surface area (Å²) in [4.78, 5) is 56.3. The lowest BCUT2D eigenvalue weighted by molar-refractivity contribution is -0.143. The Kier molecular flexibility index (Phi) is 7.88. The Balaban J connectivity index is 1.83. The molecule has 0 unspecified atom stereocenters. The van der Waals surface area contributed by atoms with Crippen molar-refractivity contribution >= 4 is 23.6 Å². The Morgan fingerprint density at radius 1 is 1.16 bits per heavy atom. The predicted octanol–water partition coefficient (Wildman–Crippen LogP) is -1.36. The van der Waals surface area contributed by atoms with Crippen LogP contribution in [0.25, 0.3) is 0 Å². The van der Waals surface area contributed by atoms with E-state index in [-0.39, 0.29) is 42.9 Å². The lowest BCUT2D eigenvalue weighted by atomic mass is 10.0. The molecular formula is C21H36N6O4. The van der Waals surface area contributed by atoms with Gasteiger partial charge >= 0.3 is 0 Å². The van der Waals surface area contributed by atoms with E-state index in [2.05, 4.69) is 15.5 Å². The molecule has 0 spiro atoms. The first-order valence-corrected chi connectivity index (χ1v) is 11.4. The number of hydrogen-bond donors (Lipinski definition) is 3. The van der Waals surface area contributed by atoms with Gasteiger partial charge in [-0.1, -0.05) is 13.8 Å². The van der Waals surface area contributed by atoms with Gasteiger partial charge in [0.25, 0.3) is 0 Å². The van der Waals surface area contributed by atoms with Gasteiger partial charge in [-0.05, 0) is 32.2 Å². The Hall–Kier alpha value is -2.20. The molecular weight excluding hydrogens is 400 g/mol. The van der Waals surface area contributed by atoms with Crippen molar-refractivity contribution in [3.8, 4) is 0 Å². The third kappa shape index (κ3) is 5.94. The van der Waals surface area contributed by atoms with Gasteiger partial charge in [-0.25, -0.2) is 0 Å². The van der Waals surface area contributed by atoms with Crippen molar-refractivity contribution in [1.29, 1.82) is 0 Å². The highest BCUT2D eigenvalue weighted by Crippen LogP contribution is 2.27. The summed E-state index contributed by atoms with van der Waals surface area (Å²) in [7, 11) is 0. The maximum Gasteiger partial charge on any atom is 0.240 e. The van der Waals surface area contributed by atoms with Gasteiger partial charge in [0.15, 0.2) is 0 Å². The number of hydrogen-bond acceptors (Lipinski definition) is 6. The smallest absolute Gasteiger partial charge is 0.240 e. The van der Waals surface area contributed by atoms with Crippen LogP contribution in [0.15, 0.2) is 0 Å². The normalized spacial score (nSPS) is 28.6. The van der Waals surface area contributed by atoms with E-state index in [0.29, 0.717) is 26.2 Å². The van der Waals surface area contributed by atoms with Crippen molar-refractivity contribution in [3.05, 3.63) is 0 Å². The Morgan fingerprint density at radius 3 is 2.52 bits per heavy atom. The van der Waals surface area contributed by atoms with Crippen LogP contribution in [-0.4, -0.2) is 102 Å². The summed E-state index contributed by atoms with van der Waals surface area (Å²) in [5, 5.41) is 5.87. The fourth-order valence-corrected chi connectivity index (χ4v) is 4.84. The third-order valence-corrected chi connectivity index (χ3v) is 6.50. The molecule has 174 valence electrons. The van der Waals surface area contributed by atoms with Crippen LogP contribution in [-0.2, 0) is 19.2 Å². The standard InChI is InChI=1S/C21H36N6O4/c1-14(2)23-7-11-26-13-18(28)24-16(20(22)30)12-19(29)25-9-5-15(6-10-25)27-8-3-4-17(27)21(26)31/h14-17,23H,3-13H2,1-2H3,(H2,22,30)(H,24,28)/t16-,17-/m0/s1. The summed E-state index contributed by atoms with van der Waals surface area (Å²) in [6.45, 7) is 6.89. The molecule has 0 aromatic carbocycles. The van der Waals surface area contributed by atoms with Crippen molar-refractivity contribution in [2.75, 3.05) is 39.3 Å². The fourth-order valence-electron chi connectivity index (χ4n) is 4.84. The number of rotatable bonds is 5. The number of nitrogens with one attached hydrogen (secondary N) is 2. The van der Waals surface area contributed by atoms with Gasteiger partial charge in [0.1, 0.15) is 6.04 Å². The van der Waals surface area contributed by atoms with Crippen LogP contribution in [0, 0.1) is 0 Å². The van der Waals surface area contributed by atoms with Gasteiger partial charge in [-0.3, -0.25) is 24.1 Å². The molecule has 4 aliphatic heterocycles. The number of fused-ring (bicyclic) bond motifs is 9. The Labute approximate surface area is 183 Å². The first-order chi connectivity index (χ1) is 14.8. The van der Waals surface area contributed by atoms with E-state index in [1.807, 2.05) is 13.8 Å². The summed E-state index contributed by atoms with van der Waals surface area (Å²) in [6.07, 6.45) is 3.18. The zero-order chi connectivity index (χ0) is 22.5. The number of amides is 4. The zero-order valence-corrected chi connectivity index (χ0v) is 18.6. The van der Waals surface area contributed by atoms with Gasteiger partial charge < -0.3 is 26.2 Å². The van der Waals surface area contributed by atoms with E-state index in [1.165, 1.54) is 0 Å². The van der Waals surface area contributed by atoms with Crippen LogP contribution in [0.5, 0.6) is 0 Å². The van der Waals surface area contributed by atoms with Crippen molar-refractivity contribution in [3.63, 3.8) is 0 Å². The van der Waals surface area contributed by atoms with E-state index in [9.17, 15) is 19.2 Å². The van der Waals surface area contributed by atoms with Crippen LogP contribution in [0.4, 0.5) is 0 Å². The van der Waals surface area contributed by atoms with Crippen molar-refractivity contribution in [2.45, 2.75) is 70.1 Å². The molecule has 4 heterocycles. The summed E-state index contributed by atoms with van der Waals surface area (Å²) in [5.74, 6) is -1.43. The number of carbonyl (C=O) groups is 4. The molecule has 4 fully saturated rings. The van der Waals surface area contributed by atoms with E-state index < -0.39 is 17.9 Å². The minimum atomic E-state index is -1.07. The van der Waals surface area contributed by atoms with Crippen LogP contribution in [0.2, 0.25) is 0 Å². The van der Waals surface area contributed by atoms with E-state index in [4.69, 9.17) is 5.73 Å². The second-order valence-electron chi connectivity index (χ2n) is 9.10. The molecule has 10 heteroatoms. The minimum absolute atomic E-state index is 0.0376. The highest BCUT2D eigenvalue weighted by molar-refractivity contribution is 5.93. The fraction of sp³-hybridized carbons (Fsp3) is 0.810. The van der Waals surface area contributed by atoms with E-state index in [0.717, 1.165) is 32.2 Å². The van der Waals surface area contributed by atoms with Gasteiger partial charge in [0.05, 0.1) is 19.0 Å². The number of piperidine rings is 1. The zero-order valence-electron chi connectivity index (χ0n) is 18.6. The van der Waals surface area contributed by atoms with Crippen molar-refractivity contribution in [1.82, 2.24) is 25.3 Å². The molecule has 10 nitrogen and oxygen atoms in total. The summed E-state index contributed by atoms with van der Waals surface area (Å²) < 4.78 is 0. The molecule has 0 aliphatic carbocycles. The number of carbonyl (C=O) groups excluding carboxylic acids is 4. The highest BCUT2D eigenvalue weighted by Gasteiger charge is 2.40. The van der Waals surface area contributed by atoms with Gasteiger partial charge in [0.2, 0.25) is 23.6 Å². The molecule has 4 rings (SSSR count). The summed E-state index contributed by atoms with van der Waals surface area (Å²) in [5.41, 5.74) is 5.45. The molecule has 0 aromatic rings. The SMILES string of the molecule is CC(C)NCCN1CC(=O)N[C@H](C(N)=O)CC(=O)N2CCC(CC2)N2CCC[C@H]2C1=O. The lowest BCUT2D eigenvalue weighted by Crippen LogP contribution is -2.57. The third-order valence-electron chi connectivity index (χ3n) is 6.50. The van der Waals surface area contributed by atoms with Gasteiger partial charge in [0, 0.05) is 38.3 Å². The Bertz CT molecular complexity index is 691. The highest BCUT2D eigenvalue weighted by atomic mass is 16.2. The Morgan fingerprint density at radius 2 is 1.87 bits per heavy atom. The maximum atomic E-state index is 13.5. The molecule has 4 saturated heterocycles. The predicted molar refractivity (Wildman–Crippen MR) is 115 cm³/mol. The van der Waals surface area contributed by atoms with Crippen molar-refractivity contribution < 1.29 is 19.2 Å². The first-order valence-electron chi connectivity index (χ1n) is 11.4. The largest absolute Gasteiger partial charge is 0.368 e. The molecule has 0 aromatic heterocycles. The summed E-state index contributed by atoms with van der Waals surface area (Å²) in [6, 6.07) is -0.801. The molecule has 2 bridgehead atoms. The molecule has 4 amide bonds. The van der Waals surface area contributed by atoms with Gasteiger partial charge in [-0.2, -0.15) is 0 Å². The maximum absolute atomic E-state index is 13.5. The molecule has 2 atom stereocenters. The lowest BCUT2D eigenvalue weighted by Gasteiger charge is -2.40. The van der Waals surface area contributed by atoms with Crippen LogP contribution >= 0.6 is 0 Å². The van der Waals surface area contributed by atoms with Crippen LogP contribution in [0.1, 0.15) is 46.0 Å². The van der Waals surface area contributed by atoms with E-state index >= 15 is 0 Å². The number of nitrogens with two attached hydrogens (primary N) is 1.